The first-order valence-corrected chi connectivity index (χ1v) is 12.6. The van der Waals surface area contributed by atoms with Crippen molar-refractivity contribution in [2.75, 3.05) is 0 Å². The van der Waals surface area contributed by atoms with Crippen molar-refractivity contribution in [1.82, 2.24) is 15.0 Å². The van der Waals surface area contributed by atoms with Crippen molar-refractivity contribution in [3.05, 3.63) is 85.8 Å². The number of thiophene rings is 2. The lowest BCUT2D eigenvalue weighted by Crippen LogP contribution is -1.97. The third kappa shape index (κ3) is 4.03. The maximum absolute atomic E-state index is 9.64. The second-order valence-electron chi connectivity index (χ2n) is 7.19. The van der Waals surface area contributed by atoms with Gasteiger partial charge in [-0.25, -0.2) is 4.98 Å². The lowest BCUT2D eigenvalue weighted by molar-refractivity contribution is 1.20. The van der Waals surface area contributed by atoms with Crippen LogP contribution >= 0.6 is 47.1 Å². The lowest BCUT2D eigenvalue weighted by atomic mass is 10.1. The third-order valence-electron chi connectivity index (χ3n) is 5.16. The van der Waals surface area contributed by atoms with E-state index in [2.05, 4.69) is 22.1 Å². The summed E-state index contributed by atoms with van der Waals surface area (Å²) in [5, 5.41) is 23.2. The van der Waals surface area contributed by atoms with Crippen LogP contribution in [-0.4, -0.2) is 15.0 Å². The number of pyridine rings is 3. The van der Waals surface area contributed by atoms with Gasteiger partial charge in [0.15, 0.2) is 0 Å². The molecule has 0 fully saturated rings. The fourth-order valence-corrected chi connectivity index (χ4v) is 5.63. The normalized spacial score (nSPS) is 10.5. The number of nitriles is 2. The number of hydrogen-bond donors (Lipinski definition) is 2. The molecule has 0 aliphatic rings. The van der Waals surface area contributed by atoms with Gasteiger partial charge in [-0.05, 0) is 47.2 Å². The summed E-state index contributed by atoms with van der Waals surface area (Å²) in [6, 6.07) is 21.7. The van der Waals surface area contributed by atoms with E-state index in [1.165, 1.54) is 0 Å². The number of aromatic amines is 2. The number of H-pyrrole nitrogens is 2. The molecule has 0 saturated heterocycles. The second-order valence-corrected chi connectivity index (χ2v) is 9.90. The minimum absolute atomic E-state index is 0.369. The molecule has 5 aromatic rings. The van der Waals surface area contributed by atoms with Crippen molar-refractivity contribution in [3.8, 4) is 55.8 Å². The van der Waals surface area contributed by atoms with Crippen LogP contribution in [0.5, 0.6) is 0 Å². The van der Waals surface area contributed by atoms with Gasteiger partial charge in [0.25, 0.3) is 0 Å². The van der Waals surface area contributed by atoms with Crippen LogP contribution < -0.4 is 0 Å². The van der Waals surface area contributed by atoms with Gasteiger partial charge in [-0.3, -0.25) is 0 Å². The van der Waals surface area contributed by atoms with E-state index in [0.29, 0.717) is 43.2 Å². The molecule has 0 aliphatic heterocycles. The summed E-state index contributed by atoms with van der Waals surface area (Å²) in [6.45, 7) is 0. The molecule has 0 amide bonds. The van der Waals surface area contributed by atoms with Crippen LogP contribution in [0, 0.1) is 31.9 Å². The molecule has 0 atom stereocenters. The highest BCUT2D eigenvalue weighted by Gasteiger charge is 2.15. The van der Waals surface area contributed by atoms with Crippen LogP contribution in [0.25, 0.3) is 43.7 Å². The smallest absolute Gasteiger partial charge is 0.122 e. The predicted octanol–water partition coefficient (Wildman–Crippen LogP) is 7.73. The van der Waals surface area contributed by atoms with Gasteiger partial charge in [-0.1, -0.05) is 42.6 Å². The number of nitrogens with one attached hydrogen (secondary N) is 2. The standard InChI is InChI=1S/C25H13N5S4/c26-12-16-14(22-6-2-8-33-22)10-20(29-24(16)31)18-4-1-5-19(28-18)21-11-15(23-7-3-9-34-23)17(13-27)25(32)30-21/h1-11H,(H,29,31)(H,30,32). The van der Waals surface area contributed by atoms with Gasteiger partial charge in [-0.2, -0.15) is 10.5 Å². The Balaban J connectivity index is 1.66. The van der Waals surface area contributed by atoms with Gasteiger partial charge in [-0.15, -0.1) is 22.7 Å². The van der Waals surface area contributed by atoms with E-state index in [1.54, 1.807) is 22.7 Å². The van der Waals surface area contributed by atoms with Crippen molar-refractivity contribution < 1.29 is 0 Å². The molecule has 162 valence electrons. The van der Waals surface area contributed by atoms with Gasteiger partial charge in [0.1, 0.15) is 21.4 Å². The number of aromatic nitrogens is 3. The van der Waals surface area contributed by atoms with Crippen molar-refractivity contribution in [1.29, 1.82) is 10.5 Å². The Labute approximate surface area is 213 Å². The fraction of sp³-hybridized carbons (Fsp3) is 0. The maximum atomic E-state index is 9.64. The van der Waals surface area contributed by atoms with E-state index in [9.17, 15) is 10.5 Å². The lowest BCUT2D eigenvalue weighted by Gasteiger charge is -2.10. The molecule has 5 heterocycles. The minimum atomic E-state index is 0.369. The summed E-state index contributed by atoms with van der Waals surface area (Å²) in [4.78, 5) is 13.1. The van der Waals surface area contributed by atoms with Gasteiger partial charge < -0.3 is 9.97 Å². The van der Waals surface area contributed by atoms with Crippen LogP contribution in [0.15, 0.2) is 65.4 Å². The molecular weight excluding hydrogens is 499 g/mol. The zero-order valence-electron chi connectivity index (χ0n) is 17.3. The third-order valence-corrected chi connectivity index (χ3v) is 7.58. The van der Waals surface area contributed by atoms with Crippen LogP contribution in [-0.2, 0) is 0 Å². The average Bonchev–Trinajstić information content (AvgIpc) is 3.58. The second kappa shape index (κ2) is 9.26. The molecule has 0 unspecified atom stereocenters. The number of rotatable bonds is 4. The first kappa shape index (κ1) is 22.1. The molecule has 0 bridgehead atoms. The van der Waals surface area contributed by atoms with E-state index in [-0.39, 0.29) is 0 Å². The Morgan fingerprint density at radius 3 is 1.56 bits per heavy atom. The van der Waals surface area contributed by atoms with Gasteiger partial charge >= 0.3 is 0 Å². The van der Waals surface area contributed by atoms with Crippen LogP contribution in [0.4, 0.5) is 0 Å². The molecule has 5 rings (SSSR count). The van der Waals surface area contributed by atoms with Gasteiger partial charge in [0.05, 0.1) is 33.9 Å². The number of nitrogens with zero attached hydrogens (tertiary/aromatic N) is 3. The average molecular weight is 512 g/mol. The summed E-state index contributed by atoms with van der Waals surface area (Å²) >= 11 is 14.1. The Hall–Kier alpha value is -3.73. The summed E-state index contributed by atoms with van der Waals surface area (Å²) in [6.07, 6.45) is 0. The molecular formula is C25H13N5S4. The maximum Gasteiger partial charge on any atom is 0.122 e. The SMILES string of the molecule is N#Cc1c(-c2cccs2)cc(-c2cccc(-c3cc(-c4cccs4)c(C#N)c(=S)[nH]3)n2)[nH]c1=S. The van der Waals surface area contributed by atoms with E-state index in [0.717, 1.165) is 20.9 Å². The van der Waals surface area contributed by atoms with Crippen molar-refractivity contribution in [2.24, 2.45) is 0 Å². The Bertz CT molecular complexity index is 1590. The topological polar surface area (TPSA) is 92.0 Å². The molecule has 9 heteroatoms. The summed E-state index contributed by atoms with van der Waals surface area (Å²) in [5.41, 5.74) is 5.20. The van der Waals surface area contributed by atoms with E-state index in [4.69, 9.17) is 29.4 Å². The van der Waals surface area contributed by atoms with Crippen LogP contribution in [0.1, 0.15) is 11.1 Å². The summed E-state index contributed by atoms with van der Waals surface area (Å²) in [5.74, 6) is 0. The summed E-state index contributed by atoms with van der Waals surface area (Å²) in [7, 11) is 0. The van der Waals surface area contributed by atoms with Crippen LogP contribution in [0.3, 0.4) is 0 Å². The molecule has 0 spiro atoms. The molecule has 0 saturated carbocycles. The van der Waals surface area contributed by atoms with E-state index in [1.807, 2.05) is 65.4 Å². The molecule has 34 heavy (non-hydrogen) atoms. The van der Waals surface area contributed by atoms with Gasteiger partial charge in [0.2, 0.25) is 0 Å². The van der Waals surface area contributed by atoms with Crippen molar-refractivity contribution in [2.45, 2.75) is 0 Å². The minimum Gasteiger partial charge on any atom is -0.344 e. The molecule has 2 N–H and O–H groups in total. The molecule has 0 radical (unpaired) electrons. The molecule has 0 aromatic carbocycles. The van der Waals surface area contributed by atoms with Gasteiger partial charge in [0, 0.05) is 20.9 Å². The zero-order chi connectivity index (χ0) is 23.7. The predicted molar refractivity (Wildman–Crippen MR) is 142 cm³/mol. The molecule has 5 nitrogen and oxygen atoms in total. The first-order chi connectivity index (χ1) is 16.6. The molecule has 5 aromatic heterocycles. The fourth-order valence-electron chi connectivity index (χ4n) is 3.60. The van der Waals surface area contributed by atoms with Crippen LogP contribution in [0.2, 0.25) is 0 Å². The van der Waals surface area contributed by atoms with E-state index >= 15 is 0 Å². The highest BCUT2D eigenvalue weighted by atomic mass is 32.1. The first-order valence-electron chi connectivity index (χ1n) is 9.99. The Kier molecular flexibility index (Phi) is 6.01. The zero-order valence-corrected chi connectivity index (χ0v) is 20.6. The van der Waals surface area contributed by atoms with Crippen molar-refractivity contribution >= 4 is 47.1 Å². The molecule has 0 aliphatic carbocycles. The Morgan fingerprint density at radius 2 is 1.18 bits per heavy atom. The van der Waals surface area contributed by atoms with Crippen molar-refractivity contribution in [3.63, 3.8) is 0 Å². The number of hydrogen-bond acceptors (Lipinski definition) is 7. The largest absolute Gasteiger partial charge is 0.344 e. The summed E-state index contributed by atoms with van der Waals surface area (Å²) < 4.78 is 0.738. The Morgan fingerprint density at radius 1 is 0.706 bits per heavy atom. The highest BCUT2D eigenvalue weighted by Crippen LogP contribution is 2.33. The quantitative estimate of drug-likeness (QED) is 0.241. The van der Waals surface area contributed by atoms with E-state index < -0.39 is 0 Å². The monoisotopic (exact) mass is 511 g/mol. The highest BCUT2D eigenvalue weighted by molar-refractivity contribution is 7.71.